The van der Waals surface area contributed by atoms with E-state index in [1.807, 2.05) is 30.3 Å². The van der Waals surface area contributed by atoms with Crippen LogP contribution in [-0.2, 0) is 6.54 Å². The van der Waals surface area contributed by atoms with Gasteiger partial charge in [-0.25, -0.2) is 18.7 Å². The second-order valence-electron chi connectivity index (χ2n) is 7.34. The number of nitrogens with zero attached hydrogens (tertiary/aromatic N) is 7. The molecule has 33 heavy (non-hydrogen) atoms. The Morgan fingerprint density at radius 2 is 1.88 bits per heavy atom. The number of halogens is 2. The van der Waals surface area contributed by atoms with Gasteiger partial charge in [0.15, 0.2) is 5.65 Å². The summed E-state index contributed by atoms with van der Waals surface area (Å²) in [6, 6.07) is 15.6. The maximum Gasteiger partial charge on any atom is 0.285 e. The van der Waals surface area contributed by atoms with Gasteiger partial charge in [-0.3, -0.25) is 4.79 Å². The van der Waals surface area contributed by atoms with Crippen LogP contribution in [0, 0.1) is 12.7 Å². The van der Waals surface area contributed by atoms with Crippen LogP contribution in [-0.4, -0.2) is 35.4 Å². The van der Waals surface area contributed by atoms with Crippen molar-refractivity contribution >= 4 is 28.8 Å². The lowest BCUT2D eigenvalue weighted by Crippen LogP contribution is -2.17. The number of hydrogen-bond acceptors (Lipinski definition) is 5. The van der Waals surface area contributed by atoms with Gasteiger partial charge in [0, 0.05) is 0 Å². The number of aromatic nitrogens is 6. The maximum absolute atomic E-state index is 13.1. The second kappa shape index (κ2) is 8.44. The number of rotatable bonds is 5. The summed E-state index contributed by atoms with van der Waals surface area (Å²) in [5.41, 5.74) is 2.96. The molecule has 164 valence electrons. The molecule has 0 saturated carbocycles. The maximum atomic E-state index is 13.1. The summed E-state index contributed by atoms with van der Waals surface area (Å²) in [7, 11) is 0. The average molecular weight is 462 g/mol. The van der Waals surface area contributed by atoms with Crippen molar-refractivity contribution in [1.82, 2.24) is 29.2 Å². The molecule has 0 amide bonds. The van der Waals surface area contributed by atoms with E-state index in [1.165, 1.54) is 30.9 Å². The van der Waals surface area contributed by atoms with Gasteiger partial charge in [-0.2, -0.15) is 20.0 Å². The number of aryl methyl sites for hydroxylation is 1. The number of para-hydroxylation sites is 1. The van der Waals surface area contributed by atoms with Crippen LogP contribution in [0.1, 0.15) is 16.8 Å². The van der Waals surface area contributed by atoms with Crippen LogP contribution in [0.25, 0.3) is 16.7 Å². The van der Waals surface area contributed by atoms with Crippen molar-refractivity contribution in [1.29, 1.82) is 0 Å². The standard InChI is InChI=1S/C23H17ClFN7O/c1-15-19(21(24)30(29-15)13-16-7-9-17(25)10-8-16)11-27-31-14-26-22-20(23(31)33)12-28-32(22)18-5-3-2-4-6-18/h2-12,14H,13H2,1H3/b27-11-. The van der Waals surface area contributed by atoms with Crippen molar-refractivity contribution < 1.29 is 4.39 Å². The van der Waals surface area contributed by atoms with E-state index in [2.05, 4.69) is 20.3 Å². The molecule has 3 aromatic heterocycles. The van der Waals surface area contributed by atoms with Crippen molar-refractivity contribution in [3.63, 3.8) is 0 Å². The first-order valence-corrected chi connectivity index (χ1v) is 10.4. The molecule has 10 heteroatoms. The van der Waals surface area contributed by atoms with Crippen LogP contribution in [0.5, 0.6) is 0 Å². The largest absolute Gasteiger partial charge is 0.285 e. The summed E-state index contributed by atoms with van der Waals surface area (Å²) >= 11 is 6.50. The Balaban J connectivity index is 1.45. The quantitative estimate of drug-likeness (QED) is 0.373. The fraction of sp³-hybridized carbons (Fsp3) is 0.0870. The molecule has 5 rings (SSSR count). The lowest BCUT2D eigenvalue weighted by Gasteiger charge is -2.04. The molecule has 0 aliphatic heterocycles. The van der Waals surface area contributed by atoms with Crippen molar-refractivity contribution in [2.75, 3.05) is 0 Å². The fourth-order valence-corrected chi connectivity index (χ4v) is 3.73. The Labute approximate surface area is 192 Å². The second-order valence-corrected chi connectivity index (χ2v) is 7.70. The van der Waals surface area contributed by atoms with E-state index in [4.69, 9.17) is 11.6 Å². The molecule has 0 bridgehead atoms. The van der Waals surface area contributed by atoms with Gasteiger partial charge in [0.2, 0.25) is 0 Å². The highest BCUT2D eigenvalue weighted by molar-refractivity contribution is 6.32. The SMILES string of the molecule is Cc1nn(Cc2ccc(F)cc2)c(Cl)c1/C=N\n1cnc2c(cnn2-c2ccccc2)c1=O. The Hall–Kier alpha value is -4.11. The summed E-state index contributed by atoms with van der Waals surface area (Å²) in [5, 5.41) is 13.7. The smallest absolute Gasteiger partial charge is 0.266 e. The molecular formula is C23H17ClFN7O. The first-order valence-electron chi connectivity index (χ1n) is 10.0. The van der Waals surface area contributed by atoms with Crippen LogP contribution in [0.15, 0.2) is 77.0 Å². The zero-order chi connectivity index (χ0) is 22.9. The molecule has 2 aromatic carbocycles. The van der Waals surface area contributed by atoms with Crippen molar-refractivity contribution in [3.05, 3.63) is 105 Å². The average Bonchev–Trinajstić information content (AvgIpc) is 3.37. The summed E-state index contributed by atoms with van der Waals surface area (Å²) in [5.74, 6) is -0.306. The highest BCUT2D eigenvalue weighted by atomic mass is 35.5. The third-order valence-corrected chi connectivity index (χ3v) is 5.54. The van der Waals surface area contributed by atoms with Gasteiger partial charge in [-0.1, -0.05) is 41.9 Å². The van der Waals surface area contributed by atoms with Gasteiger partial charge in [0.25, 0.3) is 5.56 Å². The van der Waals surface area contributed by atoms with E-state index in [9.17, 15) is 9.18 Å². The van der Waals surface area contributed by atoms with E-state index >= 15 is 0 Å². The molecule has 0 fully saturated rings. The molecule has 5 aromatic rings. The highest BCUT2D eigenvalue weighted by Crippen LogP contribution is 2.19. The summed E-state index contributed by atoms with van der Waals surface area (Å²) in [6.07, 6.45) is 4.29. The predicted molar refractivity (Wildman–Crippen MR) is 124 cm³/mol. The summed E-state index contributed by atoms with van der Waals surface area (Å²) in [4.78, 5) is 17.3. The minimum Gasteiger partial charge on any atom is -0.266 e. The van der Waals surface area contributed by atoms with E-state index in [0.29, 0.717) is 34.0 Å². The van der Waals surface area contributed by atoms with E-state index < -0.39 is 0 Å². The van der Waals surface area contributed by atoms with Gasteiger partial charge in [-0.05, 0) is 36.8 Å². The molecular weight excluding hydrogens is 445 g/mol. The molecule has 0 atom stereocenters. The van der Waals surface area contributed by atoms with Gasteiger partial charge in [-0.15, -0.1) is 0 Å². The minimum atomic E-state index is -0.356. The third kappa shape index (κ3) is 3.94. The molecule has 0 N–H and O–H groups in total. The molecule has 0 aliphatic rings. The Bertz CT molecular complexity index is 1540. The third-order valence-electron chi connectivity index (χ3n) is 5.14. The topological polar surface area (TPSA) is 82.9 Å². The van der Waals surface area contributed by atoms with Crippen LogP contribution >= 0.6 is 11.6 Å². The zero-order valence-electron chi connectivity index (χ0n) is 17.4. The first-order chi connectivity index (χ1) is 16.0. The van der Waals surface area contributed by atoms with Gasteiger partial charge >= 0.3 is 0 Å². The molecule has 0 saturated heterocycles. The first kappa shape index (κ1) is 20.8. The lowest BCUT2D eigenvalue weighted by molar-refractivity contribution is 0.624. The number of hydrogen-bond donors (Lipinski definition) is 0. The molecule has 0 spiro atoms. The van der Waals surface area contributed by atoms with Crippen LogP contribution in [0.3, 0.4) is 0 Å². The van der Waals surface area contributed by atoms with Crippen molar-refractivity contribution in [2.45, 2.75) is 13.5 Å². The molecule has 8 nitrogen and oxygen atoms in total. The van der Waals surface area contributed by atoms with Crippen molar-refractivity contribution in [2.24, 2.45) is 5.10 Å². The van der Waals surface area contributed by atoms with Crippen LogP contribution in [0.2, 0.25) is 5.15 Å². The molecule has 3 heterocycles. The Kier molecular flexibility index (Phi) is 5.31. The fourth-order valence-electron chi connectivity index (χ4n) is 3.44. The van der Waals surface area contributed by atoms with E-state index in [-0.39, 0.29) is 11.4 Å². The Morgan fingerprint density at radius 3 is 2.64 bits per heavy atom. The lowest BCUT2D eigenvalue weighted by atomic mass is 10.2. The molecule has 0 radical (unpaired) electrons. The molecule has 0 aliphatic carbocycles. The van der Waals surface area contributed by atoms with Crippen LogP contribution < -0.4 is 5.56 Å². The predicted octanol–water partition coefficient (Wildman–Crippen LogP) is 3.81. The van der Waals surface area contributed by atoms with Gasteiger partial charge in [0.1, 0.15) is 22.7 Å². The monoisotopic (exact) mass is 461 g/mol. The van der Waals surface area contributed by atoms with E-state index in [1.54, 1.807) is 28.4 Å². The normalized spacial score (nSPS) is 11.6. The molecule has 0 unspecified atom stereocenters. The summed E-state index contributed by atoms with van der Waals surface area (Å²) < 4.78 is 17.5. The zero-order valence-corrected chi connectivity index (χ0v) is 18.2. The van der Waals surface area contributed by atoms with Crippen molar-refractivity contribution in [3.8, 4) is 5.69 Å². The minimum absolute atomic E-state index is 0.306. The Morgan fingerprint density at radius 1 is 1.12 bits per heavy atom. The van der Waals surface area contributed by atoms with Crippen LogP contribution in [0.4, 0.5) is 4.39 Å². The van der Waals surface area contributed by atoms with Gasteiger partial charge in [0.05, 0.1) is 35.9 Å². The summed E-state index contributed by atoms with van der Waals surface area (Å²) in [6.45, 7) is 2.17. The van der Waals surface area contributed by atoms with E-state index in [0.717, 1.165) is 15.9 Å². The highest BCUT2D eigenvalue weighted by Gasteiger charge is 2.14. The van der Waals surface area contributed by atoms with Gasteiger partial charge < -0.3 is 0 Å². The number of benzene rings is 2. The number of fused-ring (bicyclic) bond motifs is 1.